The molecule has 1 aliphatic rings. The van der Waals surface area contributed by atoms with Gasteiger partial charge in [0.1, 0.15) is 0 Å². The largest absolute Gasteiger partial charge is 0.306 e. The zero-order valence-corrected chi connectivity index (χ0v) is 11.1. The highest BCUT2D eigenvalue weighted by Gasteiger charge is 2.22. The van der Waals surface area contributed by atoms with Gasteiger partial charge in [-0.2, -0.15) is 0 Å². The number of nitrogens with one attached hydrogen (secondary N) is 1. The monoisotopic (exact) mass is 294 g/mol. The number of fused-ring (bicyclic) bond motifs is 1. The van der Waals surface area contributed by atoms with Crippen molar-refractivity contribution in [3.8, 4) is 0 Å². The summed E-state index contributed by atoms with van der Waals surface area (Å²) in [4.78, 5) is 4.53. The molecule has 0 saturated heterocycles. The summed E-state index contributed by atoms with van der Waals surface area (Å²) in [5.41, 5.74) is 4.86. The van der Waals surface area contributed by atoms with Gasteiger partial charge in [-0.05, 0) is 31.0 Å². The first kappa shape index (κ1) is 11.0. The molecule has 3 rings (SSSR count). The molecule has 1 aromatic carbocycles. The molecule has 1 aliphatic carbocycles. The second kappa shape index (κ2) is 4.31. The minimum atomic E-state index is 0.534. The number of imidazole rings is 1. The van der Waals surface area contributed by atoms with E-state index in [1.54, 1.807) is 0 Å². The number of aromatic nitrogens is 2. The summed E-state index contributed by atoms with van der Waals surface area (Å²) in [6.45, 7) is 0. The van der Waals surface area contributed by atoms with Gasteiger partial charge in [0.25, 0.3) is 0 Å². The van der Waals surface area contributed by atoms with Gasteiger partial charge < -0.3 is 4.57 Å². The van der Waals surface area contributed by atoms with Crippen LogP contribution in [-0.2, 0) is 0 Å². The SMILES string of the molecule is NNc1nc2cc(Br)ccc2n1C1CCCC1. The molecule has 90 valence electrons. The average Bonchev–Trinajstić information content (AvgIpc) is 2.93. The molecule has 1 aromatic heterocycles. The normalized spacial score (nSPS) is 16.8. The number of hydrazine groups is 1. The van der Waals surface area contributed by atoms with Crippen LogP contribution in [0.15, 0.2) is 22.7 Å². The summed E-state index contributed by atoms with van der Waals surface area (Å²) in [6.07, 6.45) is 5.03. The summed E-state index contributed by atoms with van der Waals surface area (Å²) in [7, 11) is 0. The quantitative estimate of drug-likeness (QED) is 0.661. The van der Waals surface area contributed by atoms with Crippen molar-refractivity contribution >= 4 is 32.9 Å². The molecular weight excluding hydrogens is 280 g/mol. The van der Waals surface area contributed by atoms with Gasteiger partial charge in [0.05, 0.1) is 11.0 Å². The third-order valence-corrected chi connectivity index (χ3v) is 3.96. The Bertz CT molecular complexity index is 543. The van der Waals surface area contributed by atoms with Crippen LogP contribution in [0, 0.1) is 0 Å². The molecule has 0 radical (unpaired) electrons. The van der Waals surface area contributed by atoms with Crippen molar-refractivity contribution in [1.82, 2.24) is 9.55 Å². The molecule has 0 spiro atoms. The van der Waals surface area contributed by atoms with Gasteiger partial charge in [-0.1, -0.05) is 28.8 Å². The molecule has 5 heteroatoms. The summed E-state index contributed by atoms with van der Waals surface area (Å²) < 4.78 is 3.29. The topological polar surface area (TPSA) is 55.9 Å². The van der Waals surface area contributed by atoms with Crippen LogP contribution in [0.1, 0.15) is 31.7 Å². The lowest BCUT2D eigenvalue weighted by molar-refractivity contribution is 0.537. The molecule has 17 heavy (non-hydrogen) atoms. The van der Waals surface area contributed by atoms with E-state index in [2.05, 4.69) is 43.0 Å². The second-order valence-corrected chi connectivity index (χ2v) is 5.44. The van der Waals surface area contributed by atoms with E-state index in [4.69, 9.17) is 5.84 Å². The van der Waals surface area contributed by atoms with E-state index < -0.39 is 0 Å². The van der Waals surface area contributed by atoms with Gasteiger partial charge in [0.2, 0.25) is 5.95 Å². The van der Waals surface area contributed by atoms with Crippen LogP contribution in [-0.4, -0.2) is 9.55 Å². The van der Waals surface area contributed by atoms with Crippen molar-refractivity contribution in [3.05, 3.63) is 22.7 Å². The first-order chi connectivity index (χ1) is 8.29. The Hall–Kier alpha value is -1.07. The molecule has 1 fully saturated rings. The Labute approximate surface area is 108 Å². The number of anilines is 1. The van der Waals surface area contributed by atoms with Crippen molar-refractivity contribution in [2.24, 2.45) is 5.84 Å². The molecule has 0 bridgehead atoms. The molecule has 3 N–H and O–H groups in total. The number of rotatable bonds is 2. The third-order valence-electron chi connectivity index (χ3n) is 3.47. The predicted octanol–water partition coefficient (Wildman–Crippen LogP) is 3.20. The van der Waals surface area contributed by atoms with Crippen molar-refractivity contribution in [3.63, 3.8) is 0 Å². The average molecular weight is 295 g/mol. The molecule has 0 atom stereocenters. The highest BCUT2D eigenvalue weighted by molar-refractivity contribution is 9.10. The van der Waals surface area contributed by atoms with Crippen LogP contribution >= 0.6 is 15.9 Å². The molecule has 1 heterocycles. The zero-order valence-electron chi connectivity index (χ0n) is 9.49. The fourth-order valence-electron chi connectivity index (χ4n) is 2.71. The predicted molar refractivity (Wildman–Crippen MR) is 72.7 cm³/mol. The maximum Gasteiger partial charge on any atom is 0.218 e. The number of nitrogens with two attached hydrogens (primary N) is 1. The van der Waals surface area contributed by atoms with Crippen molar-refractivity contribution < 1.29 is 0 Å². The number of nitrogens with zero attached hydrogens (tertiary/aromatic N) is 2. The highest BCUT2D eigenvalue weighted by Crippen LogP contribution is 2.35. The third kappa shape index (κ3) is 1.83. The summed E-state index contributed by atoms with van der Waals surface area (Å²) in [6, 6.07) is 6.72. The fourth-order valence-corrected chi connectivity index (χ4v) is 3.05. The lowest BCUT2D eigenvalue weighted by Gasteiger charge is -2.15. The Morgan fingerprint density at radius 1 is 1.35 bits per heavy atom. The molecule has 0 amide bonds. The van der Waals surface area contributed by atoms with Gasteiger partial charge >= 0.3 is 0 Å². The minimum Gasteiger partial charge on any atom is -0.306 e. The zero-order chi connectivity index (χ0) is 11.8. The maximum absolute atomic E-state index is 5.58. The summed E-state index contributed by atoms with van der Waals surface area (Å²) in [5, 5.41) is 0. The smallest absolute Gasteiger partial charge is 0.218 e. The van der Waals surface area contributed by atoms with E-state index >= 15 is 0 Å². The fraction of sp³-hybridized carbons (Fsp3) is 0.417. The maximum atomic E-state index is 5.58. The number of halogens is 1. The molecule has 2 aromatic rings. The summed E-state index contributed by atoms with van der Waals surface area (Å²) >= 11 is 3.47. The van der Waals surface area contributed by atoms with Crippen molar-refractivity contribution in [2.45, 2.75) is 31.7 Å². The number of nitrogen functional groups attached to an aromatic ring is 1. The summed E-state index contributed by atoms with van der Waals surface area (Å²) in [5.74, 6) is 6.34. The highest BCUT2D eigenvalue weighted by atomic mass is 79.9. The van der Waals surface area contributed by atoms with E-state index in [0.29, 0.717) is 6.04 Å². The van der Waals surface area contributed by atoms with E-state index in [1.807, 2.05) is 6.07 Å². The van der Waals surface area contributed by atoms with Gasteiger partial charge in [-0.25, -0.2) is 10.8 Å². The van der Waals surface area contributed by atoms with E-state index in [-0.39, 0.29) is 0 Å². The van der Waals surface area contributed by atoms with Gasteiger partial charge in [0, 0.05) is 10.5 Å². The second-order valence-electron chi connectivity index (χ2n) is 4.52. The van der Waals surface area contributed by atoms with Crippen LogP contribution in [0.2, 0.25) is 0 Å². The van der Waals surface area contributed by atoms with Crippen molar-refractivity contribution in [2.75, 3.05) is 5.43 Å². The van der Waals surface area contributed by atoms with Crippen LogP contribution in [0.5, 0.6) is 0 Å². The van der Waals surface area contributed by atoms with Gasteiger partial charge in [-0.3, -0.25) is 5.43 Å². The van der Waals surface area contributed by atoms with Crippen LogP contribution in [0.3, 0.4) is 0 Å². The number of hydrogen-bond donors (Lipinski definition) is 2. The van der Waals surface area contributed by atoms with E-state index in [1.165, 1.54) is 25.7 Å². The number of benzene rings is 1. The first-order valence-corrected chi connectivity index (χ1v) is 6.73. The molecule has 1 saturated carbocycles. The Balaban J connectivity index is 2.19. The Morgan fingerprint density at radius 3 is 2.82 bits per heavy atom. The van der Waals surface area contributed by atoms with Gasteiger partial charge in [-0.15, -0.1) is 0 Å². The van der Waals surface area contributed by atoms with Gasteiger partial charge in [0.15, 0.2) is 0 Å². The van der Waals surface area contributed by atoms with Crippen molar-refractivity contribution in [1.29, 1.82) is 0 Å². The Morgan fingerprint density at radius 2 is 2.12 bits per heavy atom. The minimum absolute atomic E-state index is 0.534. The standard InChI is InChI=1S/C12H15BrN4/c13-8-5-6-11-10(7-8)15-12(16-14)17(11)9-3-1-2-4-9/h5-7,9H,1-4,14H2,(H,15,16). The molecular formula is C12H15BrN4. The Kier molecular flexibility index (Phi) is 2.80. The lowest BCUT2D eigenvalue weighted by atomic mass is 10.2. The van der Waals surface area contributed by atoms with Crippen LogP contribution in [0.25, 0.3) is 11.0 Å². The molecule has 0 aliphatic heterocycles. The molecule has 4 nitrogen and oxygen atoms in total. The van der Waals surface area contributed by atoms with E-state index in [9.17, 15) is 0 Å². The lowest BCUT2D eigenvalue weighted by Crippen LogP contribution is -2.15. The number of hydrogen-bond acceptors (Lipinski definition) is 3. The van der Waals surface area contributed by atoms with Crippen LogP contribution < -0.4 is 11.3 Å². The molecule has 0 unspecified atom stereocenters. The van der Waals surface area contributed by atoms with Crippen LogP contribution in [0.4, 0.5) is 5.95 Å². The van der Waals surface area contributed by atoms with E-state index in [0.717, 1.165) is 21.5 Å². The first-order valence-electron chi connectivity index (χ1n) is 5.93.